The second kappa shape index (κ2) is 5.25. The molecule has 1 aliphatic heterocycles. The highest BCUT2D eigenvalue weighted by atomic mass is 35.5. The summed E-state index contributed by atoms with van der Waals surface area (Å²) in [6.07, 6.45) is 1.26. The highest BCUT2D eigenvalue weighted by Crippen LogP contribution is 2.38. The first-order chi connectivity index (χ1) is 10.8. The second-order valence-corrected chi connectivity index (χ2v) is 5.53. The minimum absolute atomic E-state index is 0.0977. The molecule has 1 aromatic carbocycles. The van der Waals surface area contributed by atoms with Crippen LogP contribution in [0.3, 0.4) is 0 Å². The van der Waals surface area contributed by atoms with Crippen molar-refractivity contribution in [3.8, 4) is 17.3 Å². The molecule has 3 rings (SSSR count). The second-order valence-electron chi connectivity index (χ2n) is 5.13. The Morgan fingerprint density at radius 3 is 2.83 bits per heavy atom. The van der Waals surface area contributed by atoms with E-state index < -0.39 is 17.3 Å². The van der Waals surface area contributed by atoms with E-state index in [1.807, 2.05) is 0 Å². The molecule has 8 heteroatoms. The van der Waals surface area contributed by atoms with Crippen molar-refractivity contribution in [3.05, 3.63) is 40.3 Å². The molecule has 2 aromatic rings. The van der Waals surface area contributed by atoms with Gasteiger partial charge in [-0.25, -0.2) is 9.97 Å². The Balaban J connectivity index is 2.17. The fourth-order valence-corrected chi connectivity index (χ4v) is 2.66. The summed E-state index contributed by atoms with van der Waals surface area (Å²) in [6, 6.07) is 4.83. The molecule has 0 bridgehead atoms. The van der Waals surface area contributed by atoms with Crippen LogP contribution in [0.25, 0.3) is 11.3 Å². The van der Waals surface area contributed by atoms with E-state index in [4.69, 9.17) is 16.9 Å². The number of nitrogens with one attached hydrogen (secondary N) is 1. The summed E-state index contributed by atoms with van der Waals surface area (Å²) in [5, 5.41) is 12.1. The number of hydrogen-bond donors (Lipinski definition) is 1. The molecule has 1 N–H and O–H groups in total. The van der Waals surface area contributed by atoms with E-state index >= 15 is 0 Å². The first-order valence-electron chi connectivity index (χ1n) is 6.58. The van der Waals surface area contributed by atoms with Gasteiger partial charge in [0.2, 0.25) is 5.91 Å². The number of benzene rings is 1. The topological polar surface area (TPSA) is 78.7 Å². The number of halogens is 3. The molecule has 1 amide bonds. The van der Waals surface area contributed by atoms with Gasteiger partial charge in [0.25, 0.3) is 5.92 Å². The summed E-state index contributed by atoms with van der Waals surface area (Å²) in [4.78, 5) is 19.3. The van der Waals surface area contributed by atoms with E-state index in [2.05, 4.69) is 15.3 Å². The molecule has 23 heavy (non-hydrogen) atoms. The molecule has 0 saturated carbocycles. The summed E-state index contributed by atoms with van der Waals surface area (Å²) < 4.78 is 26.9. The van der Waals surface area contributed by atoms with Crippen LogP contribution < -0.4 is 5.32 Å². The van der Waals surface area contributed by atoms with E-state index in [9.17, 15) is 13.6 Å². The Hall–Kier alpha value is -2.59. The lowest BCUT2D eigenvalue weighted by Crippen LogP contribution is -2.14. The average Bonchev–Trinajstić information content (AvgIpc) is 2.88. The maximum absolute atomic E-state index is 13.4. The molecule has 5 nitrogen and oxygen atoms in total. The van der Waals surface area contributed by atoms with Crippen LogP contribution in [0.5, 0.6) is 0 Å². The van der Waals surface area contributed by atoms with Crippen LogP contribution in [-0.2, 0) is 17.1 Å². The van der Waals surface area contributed by atoms with Crippen molar-refractivity contribution in [1.29, 1.82) is 5.26 Å². The molecular formula is C15H9ClF2N4O. The van der Waals surface area contributed by atoms with E-state index in [0.717, 1.165) is 0 Å². The lowest BCUT2D eigenvalue weighted by molar-refractivity contribution is -0.115. The van der Waals surface area contributed by atoms with Crippen molar-refractivity contribution in [2.45, 2.75) is 19.3 Å². The molecule has 0 atom stereocenters. The number of nitriles is 1. The van der Waals surface area contributed by atoms with Crippen LogP contribution in [0.2, 0.25) is 5.02 Å². The molecule has 0 aliphatic carbocycles. The van der Waals surface area contributed by atoms with Crippen LogP contribution in [-0.4, -0.2) is 15.9 Å². The maximum Gasteiger partial charge on any atom is 0.289 e. The fourth-order valence-electron chi connectivity index (χ4n) is 2.44. The van der Waals surface area contributed by atoms with Crippen molar-refractivity contribution >= 4 is 23.2 Å². The van der Waals surface area contributed by atoms with E-state index in [1.165, 1.54) is 6.20 Å². The lowest BCUT2D eigenvalue weighted by atomic mass is 10.0. The van der Waals surface area contributed by atoms with Gasteiger partial charge in [-0.05, 0) is 11.6 Å². The molecule has 0 radical (unpaired) electrons. The van der Waals surface area contributed by atoms with Crippen molar-refractivity contribution in [3.63, 3.8) is 0 Å². The maximum atomic E-state index is 13.4. The minimum atomic E-state index is -3.27. The van der Waals surface area contributed by atoms with Crippen LogP contribution in [0, 0.1) is 11.3 Å². The largest absolute Gasteiger partial charge is 0.324 e. The van der Waals surface area contributed by atoms with Gasteiger partial charge < -0.3 is 5.32 Å². The number of aromatic nitrogens is 2. The minimum Gasteiger partial charge on any atom is -0.324 e. The van der Waals surface area contributed by atoms with Crippen molar-refractivity contribution in [2.24, 2.45) is 0 Å². The third kappa shape index (κ3) is 2.62. The zero-order valence-electron chi connectivity index (χ0n) is 11.8. The van der Waals surface area contributed by atoms with Crippen LogP contribution >= 0.6 is 11.6 Å². The van der Waals surface area contributed by atoms with E-state index in [0.29, 0.717) is 28.8 Å². The van der Waals surface area contributed by atoms with Crippen molar-refractivity contribution in [1.82, 2.24) is 9.97 Å². The Bertz CT molecular complexity index is 871. The number of amides is 1. The Morgan fingerprint density at radius 1 is 1.43 bits per heavy atom. The van der Waals surface area contributed by atoms with Gasteiger partial charge in [0, 0.05) is 12.5 Å². The van der Waals surface area contributed by atoms with Gasteiger partial charge in [-0.2, -0.15) is 14.0 Å². The summed E-state index contributed by atoms with van der Waals surface area (Å²) in [7, 11) is 0. The van der Waals surface area contributed by atoms with Gasteiger partial charge in [0.1, 0.15) is 11.8 Å². The Morgan fingerprint density at radius 2 is 2.17 bits per heavy atom. The number of hydrogen-bond acceptors (Lipinski definition) is 4. The monoisotopic (exact) mass is 334 g/mol. The number of alkyl halides is 2. The lowest BCUT2D eigenvalue weighted by Gasteiger charge is -2.13. The zero-order valence-corrected chi connectivity index (χ0v) is 12.6. The summed E-state index contributed by atoms with van der Waals surface area (Å²) in [6.45, 7) is 0.653. The van der Waals surface area contributed by atoms with Crippen LogP contribution in [0.15, 0.2) is 18.3 Å². The van der Waals surface area contributed by atoms with Crippen LogP contribution in [0.1, 0.15) is 23.9 Å². The highest BCUT2D eigenvalue weighted by Gasteiger charge is 2.31. The van der Waals surface area contributed by atoms with Gasteiger partial charge in [-0.3, -0.25) is 4.79 Å². The summed E-state index contributed by atoms with van der Waals surface area (Å²) in [5.41, 5.74) is 0.715. The normalized spacial score (nSPS) is 13.4. The SMILES string of the molecule is CC(F)(F)c1ncc(-c2ccc(Cl)c3c2CC(=O)N3)nc1C#N. The average molecular weight is 335 g/mol. The third-order valence-corrected chi connectivity index (χ3v) is 3.75. The predicted molar refractivity (Wildman–Crippen MR) is 79.1 cm³/mol. The molecule has 0 spiro atoms. The molecule has 0 unspecified atom stereocenters. The smallest absolute Gasteiger partial charge is 0.289 e. The van der Waals surface area contributed by atoms with Gasteiger partial charge in [0.15, 0.2) is 5.69 Å². The van der Waals surface area contributed by atoms with Crippen molar-refractivity contribution in [2.75, 3.05) is 5.32 Å². The van der Waals surface area contributed by atoms with Gasteiger partial charge in [0.05, 0.1) is 29.0 Å². The quantitative estimate of drug-likeness (QED) is 0.914. The fraction of sp³-hybridized carbons (Fsp3) is 0.200. The van der Waals surface area contributed by atoms with E-state index in [1.54, 1.807) is 18.2 Å². The van der Waals surface area contributed by atoms with Crippen molar-refractivity contribution < 1.29 is 13.6 Å². The number of carbonyl (C=O) groups excluding carboxylic acids is 1. The van der Waals surface area contributed by atoms with Gasteiger partial charge in [-0.15, -0.1) is 0 Å². The predicted octanol–water partition coefficient (Wildman–Crippen LogP) is 3.27. The molecule has 0 fully saturated rings. The standard InChI is InChI=1S/C15H9ClF2N4O/c1-15(17,18)14-10(5-19)21-11(6-20-14)7-2-3-9(16)13-8(7)4-12(23)22-13/h2-3,6H,4H2,1H3,(H,22,23). The number of rotatable bonds is 2. The molecule has 1 aromatic heterocycles. The first kappa shape index (κ1) is 15.3. The molecule has 116 valence electrons. The number of carbonyl (C=O) groups is 1. The van der Waals surface area contributed by atoms with Crippen LogP contribution in [0.4, 0.5) is 14.5 Å². The molecular weight excluding hydrogens is 326 g/mol. The molecule has 1 aliphatic rings. The molecule has 0 saturated heterocycles. The van der Waals surface area contributed by atoms with E-state index in [-0.39, 0.29) is 18.0 Å². The van der Waals surface area contributed by atoms with Gasteiger partial charge in [-0.1, -0.05) is 17.7 Å². The zero-order chi connectivity index (χ0) is 16.8. The van der Waals surface area contributed by atoms with Gasteiger partial charge >= 0.3 is 0 Å². The first-order valence-corrected chi connectivity index (χ1v) is 6.96. The number of anilines is 1. The number of nitrogens with zero attached hydrogens (tertiary/aromatic N) is 3. The molecule has 2 heterocycles. The Kier molecular flexibility index (Phi) is 3.49. The highest BCUT2D eigenvalue weighted by molar-refractivity contribution is 6.34. The third-order valence-electron chi connectivity index (χ3n) is 3.43. The number of fused-ring (bicyclic) bond motifs is 1. The summed E-state index contributed by atoms with van der Waals surface area (Å²) in [5.74, 6) is -3.49. The summed E-state index contributed by atoms with van der Waals surface area (Å²) >= 11 is 6.04. The Labute approximate surface area is 134 Å².